The van der Waals surface area contributed by atoms with Crippen molar-refractivity contribution in [3.63, 3.8) is 0 Å². The topological polar surface area (TPSA) is 41.6 Å². The molecule has 0 spiro atoms. The second-order valence-corrected chi connectivity index (χ2v) is 2.58. The molecular weight excluding hydrogens is 150 g/mol. The maximum Gasteiger partial charge on any atom is 0.292 e. The summed E-state index contributed by atoms with van der Waals surface area (Å²) < 4.78 is 1.88. The van der Waals surface area contributed by atoms with E-state index in [0.29, 0.717) is 6.54 Å². The lowest BCUT2D eigenvalue weighted by atomic mass is 10.2. The summed E-state index contributed by atoms with van der Waals surface area (Å²) in [6.07, 6.45) is 5.62. The Morgan fingerprint density at radius 1 is 1.50 bits per heavy atom. The summed E-state index contributed by atoms with van der Waals surface area (Å²) in [4.78, 5) is 4.15. The van der Waals surface area contributed by atoms with Gasteiger partial charge in [-0.1, -0.05) is 5.26 Å². The molecule has 58 valence electrons. The van der Waals surface area contributed by atoms with Gasteiger partial charge in [-0.15, -0.1) is 0 Å². The second-order valence-electron chi connectivity index (χ2n) is 2.58. The number of hydrogen-bond donors (Lipinski definition) is 1. The number of nitrogens with zero attached hydrogens (tertiary/aromatic N) is 2. The fraction of sp³-hybridized carbons (Fsp3) is 0.111. The molecule has 0 aromatic rings. The molecule has 3 heteroatoms. The molecule has 0 bridgehead atoms. The first-order chi connectivity index (χ1) is 5.90. The fourth-order valence-corrected chi connectivity index (χ4v) is 1.17. The van der Waals surface area contributed by atoms with Gasteiger partial charge in [0.15, 0.2) is 6.54 Å². The molecular formula is C9H8N3+. The first-order valence-corrected chi connectivity index (χ1v) is 3.70. The number of aromatic nitrogens is 2. The SMILES string of the molecule is [NH+]#CCn1ccc2ccnc-2c1. The standard InChI is InChI=1S/C9H7N3/c10-3-6-12-5-2-8-1-4-11-9(8)7-12/h1-2,4-5,7H,6H2/p+1. The maximum atomic E-state index is 6.82. The zero-order valence-corrected chi connectivity index (χ0v) is 6.49. The molecule has 2 aliphatic heterocycles. The average Bonchev–Trinajstić information content (AvgIpc) is 2.51. The third-order valence-electron chi connectivity index (χ3n) is 1.76. The van der Waals surface area contributed by atoms with Crippen molar-refractivity contribution in [1.29, 1.82) is 0 Å². The van der Waals surface area contributed by atoms with Gasteiger partial charge in [0.2, 0.25) is 0 Å². The van der Waals surface area contributed by atoms with Gasteiger partial charge in [-0.05, 0) is 12.1 Å². The predicted octanol–water partition coefficient (Wildman–Crippen LogP) is -0.239. The number of nitrogens with one attached hydrogen (secondary N) is 1. The average molecular weight is 158 g/mol. The molecule has 0 amide bonds. The van der Waals surface area contributed by atoms with Crippen molar-refractivity contribution in [1.82, 2.24) is 9.55 Å². The minimum atomic E-state index is 0.489. The van der Waals surface area contributed by atoms with Crippen LogP contribution in [0.2, 0.25) is 0 Å². The van der Waals surface area contributed by atoms with Crippen LogP contribution in [-0.4, -0.2) is 9.55 Å². The Labute approximate surface area is 70.2 Å². The first-order valence-electron chi connectivity index (χ1n) is 3.70. The lowest BCUT2D eigenvalue weighted by molar-refractivity contribution is -0.0952. The molecule has 2 rings (SSSR count). The van der Waals surface area contributed by atoms with Crippen molar-refractivity contribution in [2.75, 3.05) is 0 Å². The largest absolute Gasteiger partial charge is 0.334 e. The normalized spacial score (nSPS) is 9.92. The van der Waals surface area contributed by atoms with Crippen molar-refractivity contribution in [2.24, 2.45) is 0 Å². The van der Waals surface area contributed by atoms with E-state index < -0.39 is 0 Å². The molecule has 0 saturated carbocycles. The van der Waals surface area contributed by atoms with Crippen molar-refractivity contribution in [3.05, 3.63) is 30.7 Å². The van der Waals surface area contributed by atoms with Crippen LogP contribution in [0.5, 0.6) is 0 Å². The smallest absolute Gasteiger partial charge is 0.292 e. The van der Waals surface area contributed by atoms with Gasteiger partial charge in [0.05, 0.1) is 5.69 Å². The van der Waals surface area contributed by atoms with Crippen LogP contribution in [0.25, 0.3) is 11.3 Å². The van der Waals surface area contributed by atoms with Crippen LogP contribution in [-0.2, 0) is 6.54 Å². The monoisotopic (exact) mass is 158 g/mol. The van der Waals surface area contributed by atoms with Gasteiger partial charge in [0.25, 0.3) is 6.07 Å². The van der Waals surface area contributed by atoms with E-state index in [1.54, 1.807) is 6.20 Å². The summed E-state index contributed by atoms with van der Waals surface area (Å²) in [7, 11) is 0. The lowest BCUT2D eigenvalue weighted by Crippen LogP contribution is -2.19. The van der Waals surface area contributed by atoms with Crippen LogP contribution in [0.3, 0.4) is 0 Å². The van der Waals surface area contributed by atoms with Crippen LogP contribution in [0.15, 0.2) is 30.7 Å². The minimum absolute atomic E-state index is 0.489. The van der Waals surface area contributed by atoms with E-state index in [0.717, 1.165) is 11.3 Å². The second kappa shape index (κ2) is 2.67. The highest BCUT2D eigenvalue weighted by molar-refractivity contribution is 5.59. The molecule has 0 fully saturated rings. The predicted molar refractivity (Wildman–Crippen MR) is 43.7 cm³/mol. The van der Waals surface area contributed by atoms with Crippen LogP contribution in [0.1, 0.15) is 0 Å². The number of pyridine rings is 1. The Morgan fingerprint density at radius 3 is 3.25 bits per heavy atom. The van der Waals surface area contributed by atoms with Crippen LogP contribution in [0.4, 0.5) is 0 Å². The summed E-state index contributed by atoms with van der Waals surface area (Å²) in [5.74, 6) is 0. The summed E-state index contributed by atoms with van der Waals surface area (Å²) in [6.45, 7) is 0.489. The molecule has 0 atom stereocenters. The minimum Gasteiger partial charge on any atom is -0.334 e. The highest BCUT2D eigenvalue weighted by Crippen LogP contribution is 2.17. The van der Waals surface area contributed by atoms with E-state index in [1.165, 1.54) is 0 Å². The van der Waals surface area contributed by atoms with E-state index in [4.69, 9.17) is 5.26 Å². The van der Waals surface area contributed by atoms with Gasteiger partial charge >= 0.3 is 0 Å². The summed E-state index contributed by atoms with van der Waals surface area (Å²) >= 11 is 0. The van der Waals surface area contributed by atoms with E-state index >= 15 is 0 Å². The Balaban J connectivity index is 2.49. The zero-order valence-electron chi connectivity index (χ0n) is 6.49. The zero-order chi connectivity index (χ0) is 8.39. The molecule has 3 nitrogen and oxygen atoms in total. The van der Waals surface area contributed by atoms with Crippen molar-refractivity contribution >= 4 is 0 Å². The van der Waals surface area contributed by atoms with Crippen LogP contribution in [0, 0.1) is 6.07 Å². The number of rotatable bonds is 1. The van der Waals surface area contributed by atoms with Gasteiger partial charge in [0.1, 0.15) is 0 Å². The highest BCUT2D eigenvalue weighted by atomic mass is 14.9. The molecule has 0 aromatic heterocycles. The third kappa shape index (κ3) is 1.04. The summed E-state index contributed by atoms with van der Waals surface area (Å²) in [5.41, 5.74) is 2.10. The van der Waals surface area contributed by atoms with Gasteiger partial charge in [-0.25, -0.2) is 0 Å². The number of hydrogen-bond acceptors (Lipinski definition) is 1. The van der Waals surface area contributed by atoms with E-state index in [2.05, 4.69) is 11.1 Å². The molecule has 2 heterocycles. The Hall–Kier alpha value is -1.82. The van der Waals surface area contributed by atoms with Gasteiger partial charge in [0, 0.05) is 24.2 Å². The highest BCUT2D eigenvalue weighted by Gasteiger charge is 2.02. The molecule has 1 N–H and O–H groups in total. The fourth-order valence-electron chi connectivity index (χ4n) is 1.17. The van der Waals surface area contributed by atoms with E-state index in [9.17, 15) is 0 Å². The molecule has 0 radical (unpaired) electrons. The Bertz CT molecular complexity index is 397. The first kappa shape index (κ1) is 6.86. The Morgan fingerprint density at radius 2 is 2.42 bits per heavy atom. The van der Waals surface area contributed by atoms with Crippen molar-refractivity contribution in [2.45, 2.75) is 6.54 Å². The van der Waals surface area contributed by atoms with E-state index in [-0.39, 0.29) is 0 Å². The Kier molecular flexibility index (Phi) is 1.52. The number of fused-ring (bicyclic) bond motifs is 1. The molecule has 0 aliphatic carbocycles. The summed E-state index contributed by atoms with van der Waals surface area (Å²) in [5, 5.41) is 6.82. The van der Waals surface area contributed by atoms with Gasteiger partial charge in [-0.2, -0.15) is 0 Å². The van der Waals surface area contributed by atoms with Gasteiger partial charge in [-0.3, -0.25) is 4.98 Å². The molecule has 12 heavy (non-hydrogen) atoms. The lowest BCUT2D eigenvalue weighted by Gasteiger charge is -2.01. The quantitative estimate of drug-likeness (QED) is 0.611. The van der Waals surface area contributed by atoms with Gasteiger partial charge < -0.3 is 4.57 Å². The summed E-state index contributed by atoms with van der Waals surface area (Å²) in [6, 6.07) is 6.28. The van der Waals surface area contributed by atoms with Crippen molar-refractivity contribution < 1.29 is 5.26 Å². The molecule has 0 unspecified atom stereocenters. The molecule has 2 aliphatic rings. The van der Waals surface area contributed by atoms with Crippen molar-refractivity contribution in [3.8, 4) is 17.3 Å². The molecule has 0 saturated heterocycles. The van der Waals surface area contributed by atoms with E-state index in [1.807, 2.05) is 29.1 Å². The third-order valence-corrected chi connectivity index (χ3v) is 1.76. The maximum absolute atomic E-state index is 6.82. The van der Waals surface area contributed by atoms with Crippen LogP contribution < -0.4 is 5.26 Å². The molecule has 0 aromatic carbocycles. The van der Waals surface area contributed by atoms with Crippen LogP contribution >= 0.6 is 0 Å².